The van der Waals surface area contributed by atoms with Crippen LogP contribution in [-0.2, 0) is 32.4 Å². The van der Waals surface area contributed by atoms with Crippen LogP contribution in [0.1, 0.15) is 64.9 Å². The highest BCUT2D eigenvalue weighted by Crippen LogP contribution is 2.21. The Morgan fingerprint density at radius 3 is 2.50 bits per heavy atom. The summed E-state index contributed by atoms with van der Waals surface area (Å²) in [7, 11) is 0. The van der Waals surface area contributed by atoms with Gasteiger partial charge in [0, 0.05) is 37.8 Å². The lowest BCUT2D eigenvalue weighted by molar-refractivity contribution is 0.0829. The van der Waals surface area contributed by atoms with E-state index in [1.54, 1.807) is 0 Å². The van der Waals surface area contributed by atoms with Gasteiger partial charge in [-0.1, -0.05) is 50.6 Å². The smallest absolute Gasteiger partial charge is 0.251 e. The second-order valence-corrected chi connectivity index (χ2v) is 10.8. The molecule has 7 heteroatoms. The molecule has 0 bridgehead atoms. The van der Waals surface area contributed by atoms with E-state index in [-0.39, 0.29) is 18.9 Å². The molecule has 0 fully saturated rings. The van der Waals surface area contributed by atoms with Gasteiger partial charge in [-0.25, -0.2) is 8.78 Å². The predicted octanol–water partition coefficient (Wildman–Crippen LogP) is 5.18. The van der Waals surface area contributed by atoms with Crippen molar-refractivity contribution in [2.24, 2.45) is 0 Å². The van der Waals surface area contributed by atoms with Gasteiger partial charge in [-0.05, 0) is 84.3 Å². The van der Waals surface area contributed by atoms with Crippen molar-refractivity contribution in [3.05, 3.63) is 106 Å². The van der Waals surface area contributed by atoms with E-state index in [4.69, 9.17) is 0 Å². The van der Waals surface area contributed by atoms with Gasteiger partial charge in [0.25, 0.3) is 5.91 Å². The van der Waals surface area contributed by atoms with Crippen LogP contribution in [0.3, 0.4) is 0 Å². The van der Waals surface area contributed by atoms with Gasteiger partial charge < -0.3 is 15.7 Å². The molecule has 3 N–H and O–H groups in total. The number of halogens is 2. The van der Waals surface area contributed by atoms with Crippen LogP contribution >= 0.6 is 0 Å². The lowest BCUT2D eigenvalue weighted by Gasteiger charge is -2.29. The van der Waals surface area contributed by atoms with Gasteiger partial charge in [0.15, 0.2) is 0 Å². The van der Waals surface area contributed by atoms with E-state index in [0.29, 0.717) is 17.7 Å². The largest absolute Gasteiger partial charge is 0.390 e. The molecule has 0 spiro atoms. The molecule has 2 atom stereocenters. The number of aryl methyl sites for hydroxylation is 1. The number of aliphatic hydroxyl groups excluding tert-OH is 1. The van der Waals surface area contributed by atoms with Crippen LogP contribution in [0.4, 0.5) is 8.78 Å². The van der Waals surface area contributed by atoms with Crippen LogP contribution < -0.4 is 10.6 Å². The first-order valence-electron chi connectivity index (χ1n) is 14.4. The van der Waals surface area contributed by atoms with Gasteiger partial charge >= 0.3 is 0 Å². The fourth-order valence-electron chi connectivity index (χ4n) is 5.31. The summed E-state index contributed by atoms with van der Waals surface area (Å²) >= 11 is 0. The fourth-order valence-corrected chi connectivity index (χ4v) is 5.31. The summed E-state index contributed by atoms with van der Waals surface area (Å²) in [6, 6.07) is 16.5. The Morgan fingerprint density at radius 2 is 1.75 bits per heavy atom. The van der Waals surface area contributed by atoms with Crippen molar-refractivity contribution in [3.8, 4) is 0 Å². The summed E-state index contributed by atoms with van der Waals surface area (Å²) in [4.78, 5) is 15.8. The zero-order valence-corrected chi connectivity index (χ0v) is 23.6. The Labute approximate surface area is 236 Å². The third-order valence-electron chi connectivity index (χ3n) is 7.63. The van der Waals surface area contributed by atoms with Gasteiger partial charge in [-0.2, -0.15) is 0 Å². The molecule has 1 aliphatic heterocycles. The number of hydrogen-bond acceptors (Lipinski definition) is 4. The van der Waals surface area contributed by atoms with E-state index in [0.717, 1.165) is 62.5 Å². The van der Waals surface area contributed by atoms with E-state index in [1.807, 2.05) is 30.3 Å². The Balaban J connectivity index is 1.46. The number of unbranched alkanes of at least 4 members (excludes halogenated alkanes) is 1. The molecule has 40 heavy (non-hydrogen) atoms. The van der Waals surface area contributed by atoms with Gasteiger partial charge in [0.1, 0.15) is 11.6 Å². The SMILES string of the molecule is CCCCN1CCc2ccc(C(=O)NC(Cc3cc(F)cc(F)c3)C(O)CNCc3cccc(CC)c3)cc2C1. The number of aliphatic hydroxyl groups is 1. The van der Waals surface area contributed by atoms with Gasteiger partial charge in [-0.3, -0.25) is 9.69 Å². The van der Waals surface area contributed by atoms with Crippen LogP contribution in [0.5, 0.6) is 0 Å². The Kier molecular flexibility index (Phi) is 10.8. The minimum atomic E-state index is -0.980. The summed E-state index contributed by atoms with van der Waals surface area (Å²) in [6.07, 6.45) is 3.30. The Hall–Kier alpha value is -3.13. The van der Waals surface area contributed by atoms with Crippen molar-refractivity contribution >= 4 is 5.91 Å². The quantitative estimate of drug-likeness (QED) is 0.275. The van der Waals surface area contributed by atoms with Crippen molar-refractivity contribution in [2.45, 2.75) is 71.2 Å². The van der Waals surface area contributed by atoms with Gasteiger partial charge in [-0.15, -0.1) is 0 Å². The van der Waals surface area contributed by atoms with Gasteiger partial charge in [0.05, 0.1) is 12.1 Å². The summed E-state index contributed by atoms with van der Waals surface area (Å²) in [5, 5.41) is 17.3. The maximum Gasteiger partial charge on any atom is 0.251 e. The molecule has 1 amide bonds. The topological polar surface area (TPSA) is 64.6 Å². The highest BCUT2D eigenvalue weighted by molar-refractivity contribution is 5.94. The molecule has 2 unspecified atom stereocenters. The molecule has 1 heterocycles. The monoisotopic (exact) mass is 549 g/mol. The number of rotatable bonds is 13. The summed E-state index contributed by atoms with van der Waals surface area (Å²) < 4.78 is 27.8. The summed E-state index contributed by atoms with van der Waals surface area (Å²) in [5.74, 6) is -1.69. The highest BCUT2D eigenvalue weighted by atomic mass is 19.1. The molecule has 3 aromatic carbocycles. The second kappa shape index (κ2) is 14.5. The van der Waals surface area contributed by atoms with Crippen LogP contribution in [0, 0.1) is 11.6 Å². The third kappa shape index (κ3) is 8.43. The Morgan fingerprint density at radius 1 is 0.975 bits per heavy atom. The zero-order valence-electron chi connectivity index (χ0n) is 23.6. The molecule has 0 saturated carbocycles. The van der Waals surface area contributed by atoms with Crippen molar-refractivity contribution in [1.29, 1.82) is 0 Å². The molecule has 3 aromatic rings. The molecule has 4 rings (SSSR count). The van der Waals surface area contributed by atoms with E-state index >= 15 is 0 Å². The fraction of sp³-hybridized carbons (Fsp3) is 0.424. The maximum atomic E-state index is 13.9. The van der Waals surface area contributed by atoms with E-state index in [9.17, 15) is 18.7 Å². The van der Waals surface area contributed by atoms with Crippen molar-refractivity contribution < 1.29 is 18.7 Å². The second-order valence-electron chi connectivity index (χ2n) is 10.8. The number of carbonyl (C=O) groups is 1. The molecule has 5 nitrogen and oxygen atoms in total. The molecule has 0 saturated heterocycles. The molecule has 0 aromatic heterocycles. The number of fused-ring (bicyclic) bond motifs is 1. The molecular formula is C33H41F2N3O2. The summed E-state index contributed by atoms with van der Waals surface area (Å²) in [6.45, 7) is 7.92. The van der Waals surface area contributed by atoms with Crippen molar-refractivity contribution in [3.63, 3.8) is 0 Å². The standard InChI is InChI=1S/C33H41F2N3O2/c1-3-5-12-38-13-11-26-9-10-27(18-28(26)22-38)33(40)37-31(17-25-15-29(34)19-30(35)16-25)32(39)21-36-20-24-8-6-7-23(4-2)14-24/h6-10,14-16,18-19,31-32,36,39H,3-5,11-13,17,20-22H2,1-2H3,(H,37,40). The first-order valence-corrected chi connectivity index (χ1v) is 14.4. The predicted molar refractivity (Wildman–Crippen MR) is 155 cm³/mol. The molecule has 214 valence electrons. The van der Waals surface area contributed by atoms with Crippen molar-refractivity contribution in [2.75, 3.05) is 19.6 Å². The van der Waals surface area contributed by atoms with Gasteiger partial charge in [0.2, 0.25) is 0 Å². The number of carbonyl (C=O) groups excluding carboxylic acids is 1. The van der Waals surface area contributed by atoms with Crippen LogP contribution in [0.25, 0.3) is 0 Å². The van der Waals surface area contributed by atoms with Crippen LogP contribution in [-0.4, -0.2) is 47.7 Å². The third-order valence-corrected chi connectivity index (χ3v) is 7.63. The number of hydrogen-bond donors (Lipinski definition) is 3. The first kappa shape index (κ1) is 29.8. The average Bonchev–Trinajstić information content (AvgIpc) is 2.94. The average molecular weight is 550 g/mol. The normalized spacial score (nSPS) is 14.9. The number of benzene rings is 3. The Bertz CT molecular complexity index is 1260. The lowest BCUT2D eigenvalue weighted by Crippen LogP contribution is -2.48. The minimum absolute atomic E-state index is 0.0876. The van der Waals surface area contributed by atoms with E-state index < -0.39 is 23.8 Å². The number of nitrogens with zero attached hydrogens (tertiary/aromatic N) is 1. The number of amides is 1. The first-order chi connectivity index (χ1) is 19.3. The van der Waals surface area contributed by atoms with Crippen LogP contribution in [0.15, 0.2) is 60.7 Å². The molecular weight excluding hydrogens is 508 g/mol. The molecule has 0 radical (unpaired) electrons. The highest BCUT2D eigenvalue weighted by Gasteiger charge is 2.24. The van der Waals surface area contributed by atoms with Crippen LogP contribution in [0.2, 0.25) is 0 Å². The minimum Gasteiger partial charge on any atom is -0.390 e. The summed E-state index contributed by atoms with van der Waals surface area (Å²) in [5.41, 5.74) is 5.62. The van der Waals surface area contributed by atoms with E-state index in [1.165, 1.54) is 23.3 Å². The molecule has 1 aliphatic rings. The lowest BCUT2D eigenvalue weighted by atomic mass is 9.96. The van der Waals surface area contributed by atoms with Crippen molar-refractivity contribution in [1.82, 2.24) is 15.5 Å². The zero-order chi connectivity index (χ0) is 28.5. The molecule has 0 aliphatic carbocycles. The maximum absolute atomic E-state index is 13.9. The number of nitrogens with one attached hydrogen (secondary N) is 2. The van der Waals surface area contributed by atoms with E-state index in [2.05, 4.69) is 41.5 Å².